The molecule has 3 rings (SSSR count). The first kappa shape index (κ1) is 19.4. The average molecular weight is 373 g/mol. The SMILES string of the molecule is Cc1ccc(C2=CCC(C)(C)c3cc(C(=O)C#C[Si](C)(C)C)ccc32)cc1. The summed E-state index contributed by atoms with van der Waals surface area (Å²) in [7, 11) is -1.56. The van der Waals surface area contributed by atoms with E-state index in [9.17, 15) is 4.79 Å². The zero-order valence-corrected chi connectivity index (χ0v) is 18.2. The summed E-state index contributed by atoms with van der Waals surface area (Å²) in [6, 6.07) is 14.8. The number of allylic oxidation sites excluding steroid dienone is 1. The molecule has 0 aromatic heterocycles. The van der Waals surface area contributed by atoms with Crippen molar-refractivity contribution in [2.75, 3.05) is 0 Å². The molecule has 0 aliphatic heterocycles. The van der Waals surface area contributed by atoms with E-state index < -0.39 is 8.07 Å². The summed E-state index contributed by atoms with van der Waals surface area (Å²) in [6.07, 6.45) is 3.29. The Bertz CT molecular complexity index is 974. The highest BCUT2D eigenvalue weighted by molar-refractivity contribution is 6.84. The van der Waals surface area contributed by atoms with Gasteiger partial charge in [-0.25, -0.2) is 0 Å². The molecule has 1 aliphatic rings. The molecule has 0 fully saturated rings. The predicted octanol–water partition coefficient (Wildman–Crippen LogP) is 6.17. The summed E-state index contributed by atoms with van der Waals surface area (Å²) < 4.78 is 0. The van der Waals surface area contributed by atoms with Gasteiger partial charge in [-0.15, -0.1) is 5.54 Å². The van der Waals surface area contributed by atoms with Gasteiger partial charge in [-0.3, -0.25) is 4.79 Å². The van der Waals surface area contributed by atoms with Crippen LogP contribution in [-0.4, -0.2) is 13.9 Å². The van der Waals surface area contributed by atoms with E-state index in [1.54, 1.807) is 0 Å². The van der Waals surface area contributed by atoms with Gasteiger partial charge in [0.1, 0.15) is 8.07 Å². The maximum absolute atomic E-state index is 12.6. The van der Waals surface area contributed by atoms with Crippen LogP contribution in [0.25, 0.3) is 5.57 Å². The highest BCUT2D eigenvalue weighted by Crippen LogP contribution is 2.41. The third kappa shape index (κ3) is 4.31. The lowest BCUT2D eigenvalue weighted by molar-refractivity contribution is 0.105. The number of carbonyl (C=O) groups is 1. The van der Waals surface area contributed by atoms with E-state index in [0.717, 1.165) is 6.42 Å². The van der Waals surface area contributed by atoms with E-state index in [0.29, 0.717) is 5.56 Å². The van der Waals surface area contributed by atoms with Crippen LogP contribution in [0.2, 0.25) is 19.6 Å². The van der Waals surface area contributed by atoms with E-state index >= 15 is 0 Å². The lowest BCUT2D eigenvalue weighted by Crippen LogP contribution is -2.22. The Morgan fingerprint density at radius 1 is 1.04 bits per heavy atom. The molecule has 0 spiro atoms. The first-order valence-corrected chi connectivity index (χ1v) is 13.1. The molecule has 0 N–H and O–H groups in total. The number of carbonyl (C=O) groups excluding carboxylic acids is 1. The molecule has 1 aliphatic carbocycles. The van der Waals surface area contributed by atoms with Crippen LogP contribution in [0.5, 0.6) is 0 Å². The summed E-state index contributed by atoms with van der Waals surface area (Å²) in [5.41, 5.74) is 10.1. The van der Waals surface area contributed by atoms with Crippen LogP contribution >= 0.6 is 0 Å². The summed E-state index contributed by atoms with van der Waals surface area (Å²) in [4.78, 5) is 12.6. The minimum atomic E-state index is -1.56. The van der Waals surface area contributed by atoms with E-state index in [1.807, 2.05) is 6.07 Å². The minimum absolute atomic E-state index is 0.00598. The standard InChI is InChI=1S/C25H28OSi/c1-18-7-9-19(10-8-18)21-13-15-25(2,3)23-17-20(11-12-22(21)23)24(26)14-16-27(4,5)6/h7-13,17H,15H2,1-6H3. The first-order valence-electron chi connectivity index (χ1n) is 9.56. The molecule has 0 saturated heterocycles. The molecule has 0 radical (unpaired) electrons. The largest absolute Gasteiger partial charge is 0.279 e. The van der Waals surface area contributed by atoms with Gasteiger partial charge in [0.15, 0.2) is 0 Å². The fraction of sp³-hybridized carbons (Fsp3) is 0.320. The number of hydrogen-bond acceptors (Lipinski definition) is 1. The van der Waals surface area contributed by atoms with Gasteiger partial charge in [0.25, 0.3) is 0 Å². The fourth-order valence-electron chi connectivity index (χ4n) is 3.38. The average Bonchev–Trinajstić information content (AvgIpc) is 2.60. The van der Waals surface area contributed by atoms with Gasteiger partial charge in [0.2, 0.25) is 5.78 Å². The van der Waals surface area contributed by atoms with Gasteiger partial charge in [-0.2, -0.15) is 0 Å². The molecule has 0 atom stereocenters. The van der Waals surface area contributed by atoms with Crippen molar-refractivity contribution < 1.29 is 4.79 Å². The van der Waals surface area contributed by atoms with Gasteiger partial charge in [0.05, 0.1) is 0 Å². The summed E-state index contributed by atoms with van der Waals surface area (Å²) in [6.45, 7) is 13.1. The quantitative estimate of drug-likeness (QED) is 0.350. The van der Waals surface area contributed by atoms with Gasteiger partial charge >= 0.3 is 0 Å². The number of rotatable bonds is 2. The lowest BCUT2D eigenvalue weighted by atomic mass is 9.71. The predicted molar refractivity (Wildman–Crippen MR) is 118 cm³/mol. The molecule has 0 heterocycles. The van der Waals surface area contributed by atoms with Crippen molar-refractivity contribution in [2.24, 2.45) is 0 Å². The zero-order valence-electron chi connectivity index (χ0n) is 17.2. The summed E-state index contributed by atoms with van der Waals surface area (Å²) in [5, 5.41) is 0. The number of hydrogen-bond donors (Lipinski definition) is 0. The van der Waals surface area contributed by atoms with Crippen molar-refractivity contribution in [2.45, 2.75) is 52.2 Å². The molecule has 2 aromatic carbocycles. The molecule has 0 bridgehead atoms. The third-order valence-corrected chi connectivity index (χ3v) is 5.91. The van der Waals surface area contributed by atoms with Crippen LogP contribution in [0.4, 0.5) is 0 Å². The monoisotopic (exact) mass is 372 g/mol. The maximum atomic E-state index is 12.6. The number of aryl methyl sites for hydroxylation is 1. The van der Waals surface area contributed by atoms with Crippen molar-refractivity contribution in [1.82, 2.24) is 0 Å². The Morgan fingerprint density at radius 2 is 1.70 bits per heavy atom. The van der Waals surface area contributed by atoms with Crippen molar-refractivity contribution >= 4 is 19.4 Å². The van der Waals surface area contributed by atoms with Gasteiger partial charge in [0, 0.05) is 5.56 Å². The zero-order chi connectivity index (χ0) is 19.8. The molecule has 0 saturated carbocycles. The van der Waals surface area contributed by atoms with Crippen LogP contribution in [-0.2, 0) is 5.41 Å². The van der Waals surface area contributed by atoms with Crippen molar-refractivity contribution in [3.63, 3.8) is 0 Å². The topological polar surface area (TPSA) is 17.1 Å². The van der Waals surface area contributed by atoms with Crippen LogP contribution in [0.1, 0.15) is 52.9 Å². The number of Topliss-reactive ketones (excluding diaryl/α,β-unsaturated/α-hetero) is 1. The molecule has 1 nitrogen and oxygen atoms in total. The van der Waals surface area contributed by atoms with Crippen LogP contribution in [0, 0.1) is 18.4 Å². The number of fused-ring (bicyclic) bond motifs is 1. The minimum Gasteiger partial charge on any atom is -0.279 e. The normalized spacial score (nSPS) is 15.3. The highest BCUT2D eigenvalue weighted by Gasteiger charge is 2.29. The molecular formula is C25H28OSi. The van der Waals surface area contributed by atoms with Crippen LogP contribution in [0.3, 0.4) is 0 Å². The second-order valence-corrected chi connectivity index (χ2v) is 13.9. The van der Waals surface area contributed by atoms with Gasteiger partial charge < -0.3 is 0 Å². The maximum Gasteiger partial charge on any atom is 0.235 e. The Kier molecular flexibility index (Phi) is 5.01. The molecule has 2 heteroatoms. The molecule has 138 valence electrons. The molecular weight excluding hydrogens is 344 g/mol. The Labute approximate surface area is 164 Å². The smallest absolute Gasteiger partial charge is 0.235 e. The van der Waals surface area contributed by atoms with Crippen molar-refractivity contribution in [1.29, 1.82) is 0 Å². The molecule has 2 aromatic rings. The van der Waals surface area contributed by atoms with Crippen LogP contribution < -0.4 is 0 Å². The van der Waals surface area contributed by atoms with Crippen molar-refractivity contribution in [3.8, 4) is 11.5 Å². The van der Waals surface area contributed by atoms with Gasteiger partial charge in [-0.1, -0.05) is 75.5 Å². The molecule has 0 amide bonds. The summed E-state index contributed by atoms with van der Waals surface area (Å²) >= 11 is 0. The Morgan fingerprint density at radius 3 is 2.33 bits per heavy atom. The molecule has 0 unspecified atom stereocenters. The Hall–Kier alpha value is -2.37. The van der Waals surface area contributed by atoms with E-state index in [4.69, 9.17) is 0 Å². The van der Waals surface area contributed by atoms with Crippen LogP contribution in [0.15, 0.2) is 48.5 Å². The lowest BCUT2D eigenvalue weighted by Gasteiger charge is -2.32. The Balaban J connectivity index is 2.05. The van der Waals surface area contributed by atoms with Gasteiger partial charge in [-0.05, 0) is 59.1 Å². The highest BCUT2D eigenvalue weighted by atomic mass is 28.3. The second-order valence-electron chi connectivity index (χ2n) is 9.16. The first-order chi connectivity index (χ1) is 12.6. The second kappa shape index (κ2) is 6.98. The number of benzene rings is 2. The summed E-state index contributed by atoms with van der Waals surface area (Å²) in [5.74, 6) is 2.81. The van der Waals surface area contributed by atoms with E-state index in [1.165, 1.54) is 27.8 Å². The molecule has 27 heavy (non-hydrogen) atoms. The van der Waals surface area contributed by atoms with Crippen molar-refractivity contribution in [3.05, 3.63) is 76.4 Å². The van der Waals surface area contributed by atoms with E-state index in [2.05, 4.69) is 94.4 Å². The van der Waals surface area contributed by atoms with E-state index in [-0.39, 0.29) is 11.2 Å². The third-order valence-electron chi connectivity index (χ3n) is 5.03. The number of ketones is 1. The fourth-order valence-corrected chi connectivity index (χ4v) is 3.87.